The third-order valence-corrected chi connectivity index (χ3v) is 2.81. The number of carboxylic acids is 1. The predicted octanol–water partition coefficient (Wildman–Crippen LogP) is 1.11. The second-order valence-electron chi connectivity index (χ2n) is 3.05. The molecular weight excluding hydrogens is 248 g/mol. The molecule has 0 aliphatic rings. The minimum atomic E-state index is -0.996. The summed E-state index contributed by atoms with van der Waals surface area (Å²) in [6.07, 6.45) is 3.61. The van der Waals surface area contributed by atoms with Crippen LogP contribution in [0.5, 0.6) is 0 Å². The molecule has 0 aromatic carbocycles. The maximum absolute atomic E-state index is 10.5. The highest BCUT2D eigenvalue weighted by molar-refractivity contribution is 9.10. The molecule has 0 unspecified atom stereocenters. The van der Waals surface area contributed by atoms with Crippen molar-refractivity contribution >= 4 is 21.9 Å². The van der Waals surface area contributed by atoms with Crippen LogP contribution in [0, 0.1) is 6.92 Å². The first-order valence-corrected chi connectivity index (χ1v) is 4.89. The minimum absolute atomic E-state index is 0.299. The molecular formula is C9H11BrN2O2. The molecule has 1 atom stereocenters. The molecule has 4 nitrogen and oxygen atoms in total. The van der Waals surface area contributed by atoms with Crippen molar-refractivity contribution in [3.05, 3.63) is 28.0 Å². The molecule has 0 saturated heterocycles. The number of nitrogens with two attached hydrogens (primary N) is 1. The number of hydrogen-bond donors (Lipinski definition) is 2. The zero-order valence-electron chi connectivity index (χ0n) is 7.70. The van der Waals surface area contributed by atoms with Crippen LogP contribution in [-0.2, 0) is 11.2 Å². The van der Waals surface area contributed by atoms with Crippen LogP contribution in [0.1, 0.15) is 11.1 Å². The Morgan fingerprint density at radius 2 is 2.36 bits per heavy atom. The maximum Gasteiger partial charge on any atom is 0.320 e. The van der Waals surface area contributed by atoms with Crippen molar-refractivity contribution in [1.82, 2.24) is 4.98 Å². The van der Waals surface area contributed by atoms with Gasteiger partial charge in [0.05, 0.1) is 0 Å². The largest absolute Gasteiger partial charge is 0.480 e. The molecule has 0 aliphatic carbocycles. The maximum atomic E-state index is 10.5. The van der Waals surface area contributed by atoms with E-state index >= 15 is 0 Å². The molecule has 76 valence electrons. The molecule has 0 fully saturated rings. The van der Waals surface area contributed by atoms with E-state index < -0.39 is 12.0 Å². The number of aromatic nitrogens is 1. The average molecular weight is 259 g/mol. The number of aliphatic carboxylic acids is 1. The number of hydrogen-bond acceptors (Lipinski definition) is 3. The molecule has 1 aromatic heterocycles. The van der Waals surface area contributed by atoms with Crippen molar-refractivity contribution in [3.63, 3.8) is 0 Å². The van der Waals surface area contributed by atoms with Gasteiger partial charge in [-0.3, -0.25) is 9.78 Å². The fraction of sp³-hybridized carbons (Fsp3) is 0.333. The Morgan fingerprint density at radius 1 is 1.71 bits per heavy atom. The Labute approximate surface area is 90.3 Å². The summed E-state index contributed by atoms with van der Waals surface area (Å²) in [4.78, 5) is 14.5. The van der Waals surface area contributed by atoms with Crippen LogP contribution < -0.4 is 5.73 Å². The van der Waals surface area contributed by atoms with Crippen LogP contribution in [0.2, 0.25) is 0 Å². The van der Waals surface area contributed by atoms with E-state index in [2.05, 4.69) is 20.9 Å². The third kappa shape index (κ3) is 2.52. The fourth-order valence-corrected chi connectivity index (χ4v) is 1.44. The molecule has 14 heavy (non-hydrogen) atoms. The summed E-state index contributed by atoms with van der Waals surface area (Å²) in [5.74, 6) is -0.996. The van der Waals surface area contributed by atoms with Crippen LogP contribution in [0.3, 0.4) is 0 Å². The smallest absolute Gasteiger partial charge is 0.320 e. The van der Waals surface area contributed by atoms with E-state index in [1.54, 1.807) is 12.4 Å². The van der Waals surface area contributed by atoms with E-state index in [0.717, 1.165) is 15.6 Å². The van der Waals surface area contributed by atoms with Crippen molar-refractivity contribution in [3.8, 4) is 0 Å². The van der Waals surface area contributed by atoms with Gasteiger partial charge in [0.15, 0.2) is 0 Å². The van der Waals surface area contributed by atoms with Gasteiger partial charge in [0.2, 0.25) is 0 Å². The first kappa shape index (κ1) is 11.1. The Hall–Kier alpha value is -0.940. The second kappa shape index (κ2) is 4.52. The summed E-state index contributed by atoms with van der Waals surface area (Å²) in [6, 6.07) is -0.871. The van der Waals surface area contributed by atoms with Gasteiger partial charge in [0.25, 0.3) is 0 Å². The highest BCUT2D eigenvalue weighted by atomic mass is 79.9. The molecule has 0 spiro atoms. The lowest BCUT2D eigenvalue weighted by Crippen LogP contribution is -2.32. The molecule has 3 N–H and O–H groups in total. The normalized spacial score (nSPS) is 12.5. The Morgan fingerprint density at radius 3 is 2.93 bits per heavy atom. The standard InChI is InChI=1S/C9H11BrN2O2/c1-5-6(2-8(11)9(13)14)3-12-4-7(5)10/h3-4,8H,2,11H2,1H3,(H,13,14)/t8-/m0/s1. The van der Waals surface area contributed by atoms with Gasteiger partial charge in [-0.1, -0.05) is 0 Å². The van der Waals surface area contributed by atoms with E-state index in [1.165, 1.54) is 0 Å². The third-order valence-electron chi connectivity index (χ3n) is 2.02. The van der Waals surface area contributed by atoms with E-state index in [4.69, 9.17) is 10.8 Å². The average Bonchev–Trinajstić information content (AvgIpc) is 2.12. The van der Waals surface area contributed by atoms with Gasteiger partial charge in [0.1, 0.15) is 6.04 Å². The van der Waals surface area contributed by atoms with Crippen LogP contribution in [0.4, 0.5) is 0 Å². The van der Waals surface area contributed by atoms with E-state index in [-0.39, 0.29) is 0 Å². The number of pyridine rings is 1. The lowest BCUT2D eigenvalue weighted by Gasteiger charge is -2.09. The summed E-state index contributed by atoms with van der Waals surface area (Å²) in [6.45, 7) is 1.90. The Kier molecular flexibility index (Phi) is 3.60. The molecule has 1 aromatic rings. The summed E-state index contributed by atoms with van der Waals surface area (Å²) in [5.41, 5.74) is 7.26. The molecule has 5 heteroatoms. The lowest BCUT2D eigenvalue weighted by molar-refractivity contribution is -0.138. The first-order chi connectivity index (χ1) is 6.52. The molecule has 0 saturated carbocycles. The SMILES string of the molecule is Cc1c(Br)cncc1C[C@H](N)C(=O)O. The number of halogens is 1. The summed E-state index contributed by atoms with van der Waals surface area (Å²) < 4.78 is 0.868. The zero-order valence-corrected chi connectivity index (χ0v) is 9.28. The van der Waals surface area contributed by atoms with Crippen molar-refractivity contribution in [1.29, 1.82) is 0 Å². The molecule has 1 heterocycles. The monoisotopic (exact) mass is 258 g/mol. The van der Waals surface area contributed by atoms with Crippen LogP contribution in [0.15, 0.2) is 16.9 Å². The highest BCUT2D eigenvalue weighted by Gasteiger charge is 2.14. The summed E-state index contributed by atoms with van der Waals surface area (Å²) >= 11 is 3.32. The Bertz CT molecular complexity index is 355. The minimum Gasteiger partial charge on any atom is -0.480 e. The first-order valence-electron chi connectivity index (χ1n) is 4.09. The van der Waals surface area contributed by atoms with E-state index in [1.807, 2.05) is 6.92 Å². The number of carboxylic acid groups (broad SMARTS) is 1. The van der Waals surface area contributed by atoms with Gasteiger partial charge in [-0.15, -0.1) is 0 Å². The van der Waals surface area contributed by atoms with Gasteiger partial charge in [-0.2, -0.15) is 0 Å². The number of carbonyl (C=O) groups is 1. The fourth-order valence-electron chi connectivity index (χ4n) is 1.07. The quantitative estimate of drug-likeness (QED) is 0.852. The molecule has 0 aliphatic heterocycles. The van der Waals surface area contributed by atoms with Gasteiger partial charge in [-0.25, -0.2) is 0 Å². The van der Waals surface area contributed by atoms with Crippen LogP contribution in [-0.4, -0.2) is 22.1 Å². The highest BCUT2D eigenvalue weighted by Crippen LogP contribution is 2.18. The topological polar surface area (TPSA) is 76.2 Å². The zero-order chi connectivity index (χ0) is 10.7. The van der Waals surface area contributed by atoms with Gasteiger partial charge in [0, 0.05) is 23.3 Å². The van der Waals surface area contributed by atoms with Gasteiger partial charge < -0.3 is 10.8 Å². The van der Waals surface area contributed by atoms with E-state index in [0.29, 0.717) is 6.42 Å². The summed E-state index contributed by atoms with van der Waals surface area (Å²) in [5, 5.41) is 8.65. The van der Waals surface area contributed by atoms with Crippen molar-refractivity contribution in [2.75, 3.05) is 0 Å². The van der Waals surface area contributed by atoms with Crippen LogP contribution in [0.25, 0.3) is 0 Å². The van der Waals surface area contributed by atoms with Crippen LogP contribution >= 0.6 is 15.9 Å². The second-order valence-corrected chi connectivity index (χ2v) is 3.91. The molecule has 1 rings (SSSR count). The van der Waals surface area contributed by atoms with Gasteiger partial charge >= 0.3 is 5.97 Å². The van der Waals surface area contributed by atoms with E-state index in [9.17, 15) is 4.79 Å². The summed E-state index contributed by atoms with van der Waals surface area (Å²) in [7, 11) is 0. The van der Waals surface area contributed by atoms with Gasteiger partial charge in [-0.05, 0) is 34.0 Å². The lowest BCUT2D eigenvalue weighted by atomic mass is 10.0. The van der Waals surface area contributed by atoms with Crippen molar-refractivity contribution in [2.45, 2.75) is 19.4 Å². The number of rotatable bonds is 3. The predicted molar refractivity (Wildman–Crippen MR) is 56.0 cm³/mol. The van der Waals surface area contributed by atoms with Crippen molar-refractivity contribution in [2.24, 2.45) is 5.73 Å². The van der Waals surface area contributed by atoms with Crippen molar-refractivity contribution < 1.29 is 9.90 Å². The molecule has 0 bridgehead atoms. The molecule has 0 amide bonds. The number of nitrogens with zero attached hydrogens (tertiary/aromatic N) is 1. The Balaban J connectivity index is 2.87. The molecule has 0 radical (unpaired) electrons.